The second kappa shape index (κ2) is 4.88. The average Bonchev–Trinajstić information content (AvgIpc) is 3.31. The molecule has 2 aromatic rings. The summed E-state index contributed by atoms with van der Waals surface area (Å²) in [5.74, 6) is -0.0448. The summed E-state index contributed by atoms with van der Waals surface area (Å²) < 4.78 is 37.9. The second-order valence-electron chi connectivity index (χ2n) is 5.45. The first-order valence-electron chi connectivity index (χ1n) is 6.86. The van der Waals surface area contributed by atoms with Crippen molar-refractivity contribution in [3.63, 3.8) is 0 Å². The molecule has 21 heavy (non-hydrogen) atoms. The molecule has 2 aromatic carbocycles. The maximum atomic E-state index is 13.3. The summed E-state index contributed by atoms with van der Waals surface area (Å²) in [5.41, 5.74) is -1.15. The molecule has 0 heterocycles. The molecule has 1 aliphatic rings. The van der Waals surface area contributed by atoms with Gasteiger partial charge >= 0.3 is 6.18 Å². The number of halogens is 3. The predicted molar refractivity (Wildman–Crippen MR) is 72.1 cm³/mol. The number of hydrogen-bond donors (Lipinski definition) is 0. The van der Waals surface area contributed by atoms with Crippen LogP contribution in [0.5, 0.6) is 0 Å². The zero-order valence-corrected chi connectivity index (χ0v) is 11.2. The van der Waals surface area contributed by atoms with Gasteiger partial charge in [0.05, 0.1) is 5.56 Å². The van der Waals surface area contributed by atoms with Crippen LogP contribution >= 0.6 is 0 Å². The molecule has 0 bridgehead atoms. The fourth-order valence-electron chi connectivity index (χ4n) is 2.72. The van der Waals surface area contributed by atoms with Gasteiger partial charge in [0.1, 0.15) is 0 Å². The quantitative estimate of drug-likeness (QED) is 0.775. The third-order valence-corrected chi connectivity index (χ3v) is 4.00. The molecule has 1 atom stereocenters. The molecule has 1 saturated carbocycles. The van der Waals surface area contributed by atoms with Gasteiger partial charge in [0.25, 0.3) is 0 Å². The van der Waals surface area contributed by atoms with Gasteiger partial charge in [-0.15, -0.1) is 0 Å². The van der Waals surface area contributed by atoms with Crippen molar-refractivity contribution in [1.82, 2.24) is 0 Å². The van der Waals surface area contributed by atoms with Crippen LogP contribution in [-0.2, 0) is 16.9 Å². The van der Waals surface area contributed by atoms with Gasteiger partial charge in [-0.05, 0) is 42.0 Å². The minimum atomic E-state index is -4.38. The van der Waals surface area contributed by atoms with E-state index in [4.69, 9.17) is 0 Å². The molecule has 4 heteroatoms. The van der Waals surface area contributed by atoms with Crippen molar-refractivity contribution in [2.24, 2.45) is 5.92 Å². The molecule has 1 aliphatic carbocycles. The molecule has 0 amide bonds. The van der Waals surface area contributed by atoms with Gasteiger partial charge in [-0.1, -0.05) is 42.5 Å². The van der Waals surface area contributed by atoms with Crippen LogP contribution < -0.4 is 0 Å². The van der Waals surface area contributed by atoms with Crippen molar-refractivity contribution in [1.29, 1.82) is 0 Å². The second-order valence-corrected chi connectivity index (χ2v) is 5.45. The maximum Gasteiger partial charge on any atom is 0.416 e. The van der Waals surface area contributed by atoms with Crippen molar-refractivity contribution in [2.75, 3.05) is 0 Å². The third kappa shape index (κ3) is 2.56. The molecule has 1 unspecified atom stereocenters. The van der Waals surface area contributed by atoms with E-state index >= 15 is 0 Å². The Labute approximate surface area is 121 Å². The lowest BCUT2D eigenvalue weighted by atomic mass is 9.82. The lowest BCUT2D eigenvalue weighted by molar-refractivity contribution is -0.137. The molecule has 0 aliphatic heterocycles. The van der Waals surface area contributed by atoms with Crippen molar-refractivity contribution in [2.45, 2.75) is 24.6 Å². The van der Waals surface area contributed by atoms with Crippen LogP contribution in [0, 0.1) is 5.92 Å². The topological polar surface area (TPSA) is 19.9 Å². The maximum absolute atomic E-state index is 13.3. The van der Waals surface area contributed by atoms with Crippen LogP contribution in [-0.4, -0.2) is 0 Å². The van der Waals surface area contributed by atoms with Crippen LogP contribution in [0.3, 0.4) is 0 Å². The Bertz CT molecular complexity index is 615. The average molecular weight is 291 g/mol. The normalized spacial score (nSPS) is 18.3. The van der Waals surface area contributed by atoms with Gasteiger partial charge in [-0.3, -0.25) is 0 Å². The molecular weight excluding hydrogens is 277 g/mol. The summed E-state index contributed by atoms with van der Waals surface area (Å²) in [6, 6.07) is 13.5. The van der Waals surface area contributed by atoms with E-state index in [0.29, 0.717) is 11.1 Å². The van der Waals surface area contributed by atoms with E-state index in [0.717, 1.165) is 25.0 Å². The highest BCUT2D eigenvalue weighted by molar-refractivity contribution is 5.39. The van der Waals surface area contributed by atoms with Gasteiger partial charge in [0.2, 0.25) is 0 Å². The zero-order valence-electron chi connectivity index (χ0n) is 11.2. The predicted octanol–water partition coefficient (Wildman–Crippen LogP) is 4.79. The Morgan fingerprint density at radius 3 is 1.71 bits per heavy atom. The molecule has 1 radical (unpaired) electrons. The Morgan fingerprint density at radius 1 is 0.762 bits per heavy atom. The number of alkyl halides is 3. The molecule has 0 aromatic heterocycles. The van der Waals surface area contributed by atoms with E-state index in [9.17, 15) is 18.3 Å². The molecule has 3 rings (SSSR count). The summed E-state index contributed by atoms with van der Waals surface area (Å²) in [6.45, 7) is 0. The third-order valence-electron chi connectivity index (χ3n) is 4.00. The van der Waals surface area contributed by atoms with Crippen LogP contribution in [0.2, 0.25) is 0 Å². The minimum absolute atomic E-state index is 0.0448. The first-order valence-corrected chi connectivity index (χ1v) is 6.86. The largest absolute Gasteiger partial charge is 0.416 e. The van der Waals surface area contributed by atoms with Crippen LogP contribution in [0.4, 0.5) is 13.2 Å². The highest BCUT2D eigenvalue weighted by Gasteiger charge is 2.48. The van der Waals surface area contributed by atoms with E-state index in [2.05, 4.69) is 0 Å². The van der Waals surface area contributed by atoms with Gasteiger partial charge in [-0.2, -0.15) is 13.2 Å². The molecule has 0 N–H and O–H groups in total. The Kier molecular flexibility index (Phi) is 3.29. The summed E-state index contributed by atoms with van der Waals surface area (Å²) in [5, 5.41) is 13.3. The monoisotopic (exact) mass is 291 g/mol. The van der Waals surface area contributed by atoms with Gasteiger partial charge < -0.3 is 0 Å². The first kappa shape index (κ1) is 14.1. The van der Waals surface area contributed by atoms with Crippen molar-refractivity contribution in [3.05, 3.63) is 71.3 Å². The van der Waals surface area contributed by atoms with E-state index in [1.54, 1.807) is 24.3 Å². The Hall–Kier alpha value is -1.81. The van der Waals surface area contributed by atoms with E-state index in [-0.39, 0.29) is 5.92 Å². The first-order chi connectivity index (χ1) is 9.92. The molecular formula is C17H14F3O. The van der Waals surface area contributed by atoms with Crippen LogP contribution in [0.25, 0.3) is 0 Å². The lowest BCUT2D eigenvalue weighted by Crippen LogP contribution is -2.28. The van der Waals surface area contributed by atoms with Crippen LogP contribution in [0.1, 0.15) is 29.5 Å². The summed E-state index contributed by atoms with van der Waals surface area (Å²) in [6.07, 6.45) is -2.74. The van der Waals surface area contributed by atoms with E-state index < -0.39 is 17.3 Å². The molecule has 1 fully saturated rings. The highest BCUT2D eigenvalue weighted by Crippen LogP contribution is 2.50. The van der Waals surface area contributed by atoms with Gasteiger partial charge in [-0.25, -0.2) is 5.11 Å². The number of rotatable bonds is 3. The fraction of sp³-hybridized carbons (Fsp3) is 0.294. The van der Waals surface area contributed by atoms with E-state index in [1.807, 2.05) is 6.07 Å². The van der Waals surface area contributed by atoms with E-state index in [1.165, 1.54) is 12.1 Å². The Balaban J connectivity index is 2.03. The van der Waals surface area contributed by atoms with Crippen LogP contribution in [0.15, 0.2) is 54.6 Å². The minimum Gasteiger partial charge on any atom is -0.219 e. The lowest BCUT2D eigenvalue weighted by Gasteiger charge is -2.27. The molecule has 109 valence electrons. The fourth-order valence-corrected chi connectivity index (χ4v) is 2.72. The molecule has 0 spiro atoms. The summed E-state index contributed by atoms with van der Waals surface area (Å²) >= 11 is 0. The van der Waals surface area contributed by atoms with Gasteiger partial charge in [0, 0.05) is 0 Å². The number of benzene rings is 2. The Morgan fingerprint density at radius 2 is 1.24 bits per heavy atom. The van der Waals surface area contributed by atoms with Crippen molar-refractivity contribution < 1.29 is 18.3 Å². The number of hydrogen-bond acceptors (Lipinski definition) is 0. The summed E-state index contributed by atoms with van der Waals surface area (Å²) in [4.78, 5) is 0. The summed E-state index contributed by atoms with van der Waals surface area (Å²) in [7, 11) is 0. The highest BCUT2D eigenvalue weighted by atomic mass is 19.4. The standard InChI is InChI=1S/C17H14F3O/c18-17(19,20)15-10-8-14(9-11-15)16(21,13-6-7-13)12-4-2-1-3-5-12/h1-5,8-11,13H,6-7H2. The van der Waals surface area contributed by atoms with Crippen molar-refractivity contribution in [3.8, 4) is 0 Å². The van der Waals surface area contributed by atoms with Crippen molar-refractivity contribution >= 4 is 0 Å². The zero-order chi connectivity index (χ0) is 15.1. The van der Waals surface area contributed by atoms with Gasteiger partial charge in [0.15, 0.2) is 5.60 Å². The molecule has 0 saturated heterocycles. The molecule has 1 nitrogen and oxygen atoms in total. The smallest absolute Gasteiger partial charge is 0.219 e. The SMILES string of the molecule is [O]C(c1ccccc1)(c1ccc(C(F)(F)F)cc1)C1CC1.